The Balaban J connectivity index is 2.39. The summed E-state index contributed by atoms with van der Waals surface area (Å²) >= 11 is 0. The van der Waals surface area contributed by atoms with Gasteiger partial charge in [0.05, 0.1) is 5.56 Å². The number of rotatable bonds is 7. The smallest absolute Gasteiger partial charge is 0.338 e. The van der Waals surface area contributed by atoms with E-state index >= 15 is 0 Å². The highest BCUT2D eigenvalue weighted by Crippen LogP contribution is 2.10. The summed E-state index contributed by atoms with van der Waals surface area (Å²) in [5.41, 5.74) is 1.51. The zero-order valence-corrected chi connectivity index (χ0v) is 14.7. The van der Waals surface area contributed by atoms with Crippen LogP contribution in [0.2, 0.25) is 0 Å². The maximum atomic E-state index is 11.9. The molecule has 0 aliphatic carbocycles. The number of hydrogen-bond donors (Lipinski definition) is 2. The molecule has 0 spiro atoms. The second kappa shape index (κ2) is 9.70. The van der Waals surface area contributed by atoms with Gasteiger partial charge >= 0.3 is 12.0 Å². The van der Waals surface area contributed by atoms with E-state index in [-0.39, 0.29) is 5.92 Å². The van der Waals surface area contributed by atoms with E-state index in [1.54, 1.807) is 12.1 Å². The average Bonchev–Trinajstić information content (AvgIpc) is 2.50. The number of ether oxygens (including phenoxy) is 1. The van der Waals surface area contributed by atoms with E-state index < -0.39 is 24.5 Å². The third-order valence-corrected chi connectivity index (χ3v) is 3.09. The molecule has 1 rings (SSSR count). The van der Waals surface area contributed by atoms with E-state index in [0.29, 0.717) is 18.0 Å². The van der Waals surface area contributed by atoms with Crippen LogP contribution in [0.1, 0.15) is 43.6 Å². The second-order valence-electron chi connectivity index (χ2n) is 6.52. The third kappa shape index (κ3) is 7.76. The highest BCUT2D eigenvalue weighted by atomic mass is 16.5. The summed E-state index contributed by atoms with van der Waals surface area (Å²) in [5.74, 6) is -0.444. The fraction of sp³-hybridized carbons (Fsp3) is 0.500. The van der Waals surface area contributed by atoms with Crippen LogP contribution >= 0.6 is 0 Å². The van der Waals surface area contributed by atoms with Crippen molar-refractivity contribution in [2.75, 3.05) is 13.2 Å². The number of amides is 3. The van der Waals surface area contributed by atoms with Crippen LogP contribution in [0.25, 0.3) is 0 Å². The Labute approximate surface area is 143 Å². The van der Waals surface area contributed by atoms with Crippen LogP contribution in [0.15, 0.2) is 24.3 Å². The maximum Gasteiger partial charge on any atom is 0.338 e. The first-order valence-electron chi connectivity index (χ1n) is 8.11. The molecule has 1 aromatic carbocycles. The molecule has 0 aromatic heterocycles. The summed E-state index contributed by atoms with van der Waals surface area (Å²) < 4.78 is 4.91. The molecule has 0 saturated carbocycles. The SMILES string of the molecule is CC(C)CNC(=O)NC(=O)COC(=O)c1ccc(CC(C)C)cc1. The molecule has 132 valence electrons. The van der Waals surface area contributed by atoms with Gasteiger partial charge in [-0.25, -0.2) is 9.59 Å². The molecular weight excluding hydrogens is 308 g/mol. The van der Waals surface area contributed by atoms with Crippen LogP contribution in [-0.4, -0.2) is 31.1 Å². The number of hydrogen-bond acceptors (Lipinski definition) is 4. The predicted octanol–water partition coefficient (Wildman–Crippen LogP) is 2.52. The topological polar surface area (TPSA) is 84.5 Å². The molecule has 0 fully saturated rings. The van der Waals surface area contributed by atoms with E-state index in [1.807, 2.05) is 26.0 Å². The minimum atomic E-state index is -0.666. The number of carbonyl (C=O) groups is 3. The van der Waals surface area contributed by atoms with Crippen molar-refractivity contribution >= 4 is 17.9 Å². The Hall–Kier alpha value is -2.37. The molecule has 0 saturated heterocycles. The fourth-order valence-electron chi connectivity index (χ4n) is 1.97. The molecule has 0 aliphatic rings. The van der Waals surface area contributed by atoms with Crippen LogP contribution in [0.5, 0.6) is 0 Å². The van der Waals surface area contributed by atoms with E-state index in [4.69, 9.17) is 4.74 Å². The first-order valence-corrected chi connectivity index (χ1v) is 8.11. The van der Waals surface area contributed by atoms with Crippen molar-refractivity contribution in [3.63, 3.8) is 0 Å². The molecule has 0 bridgehead atoms. The minimum absolute atomic E-state index is 0.280. The molecule has 24 heavy (non-hydrogen) atoms. The lowest BCUT2D eigenvalue weighted by Crippen LogP contribution is -2.42. The molecule has 1 aromatic rings. The number of urea groups is 1. The van der Waals surface area contributed by atoms with Crippen LogP contribution in [0.3, 0.4) is 0 Å². The minimum Gasteiger partial charge on any atom is -0.452 e. The van der Waals surface area contributed by atoms with Crippen molar-refractivity contribution in [1.82, 2.24) is 10.6 Å². The standard InChI is InChI=1S/C18H26N2O4/c1-12(2)9-14-5-7-15(8-6-14)17(22)24-11-16(21)20-18(23)19-10-13(3)4/h5-8,12-13H,9-11H2,1-4H3,(H2,19,20,21,23). The van der Waals surface area contributed by atoms with Gasteiger partial charge in [0.2, 0.25) is 0 Å². The number of nitrogens with one attached hydrogen (secondary N) is 2. The average molecular weight is 334 g/mol. The number of benzene rings is 1. The highest BCUT2D eigenvalue weighted by Gasteiger charge is 2.12. The van der Waals surface area contributed by atoms with Crippen molar-refractivity contribution in [3.05, 3.63) is 35.4 Å². The normalized spacial score (nSPS) is 10.6. The van der Waals surface area contributed by atoms with Gasteiger partial charge in [-0.15, -0.1) is 0 Å². The quantitative estimate of drug-likeness (QED) is 0.751. The Bertz CT molecular complexity index is 565. The summed E-state index contributed by atoms with van der Waals surface area (Å²) in [6, 6.07) is 6.50. The van der Waals surface area contributed by atoms with E-state index in [0.717, 1.165) is 12.0 Å². The van der Waals surface area contributed by atoms with E-state index in [9.17, 15) is 14.4 Å². The summed E-state index contributed by atoms with van der Waals surface area (Å²) in [6.45, 7) is 8.09. The molecule has 3 amide bonds. The van der Waals surface area contributed by atoms with Crippen LogP contribution in [0, 0.1) is 11.8 Å². The predicted molar refractivity (Wildman–Crippen MR) is 91.6 cm³/mol. The largest absolute Gasteiger partial charge is 0.452 e. The van der Waals surface area contributed by atoms with Crippen LogP contribution < -0.4 is 10.6 Å². The lowest BCUT2D eigenvalue weighted by atomic mass is 10.0. The van der Waals surface area contributed by atoms with Crippen molar-refractivity contribution in [1.29, 1.82) is 0 Å². The first-order chi connectivity index (χ1) is 11.3. The van der Waals surface area contributed by atoms with E-state index in [2.05, 4.69) is 24.5 Å². The van der Waals surface area contributed by atoms with Gasteiger partial charge in [0.25, 0.3) is 5.91 Å². The second-order valence-corrected chi connectivity index (χ2v) is 6.52. The summed E-state index contributed by atoms with van der Waals surface area (Å²) in [7, 11) is 0. The molecule has 0 radical (unpaired) electrons. The number of esters is 1. The molecule has 6 nitrogen and oxygen atoms in total. The fourth-order valence-corrected chi connectivity index (χ4v) is 1.97. The first kappa shape index (κ1) is 19.7. The Morgan fingerprint density at radius 3 is 2.17 bits per heavy atom. The Kier molecular flexibility index (Phi) is 7.95. The lowest BCUT2D eigenvalue weighted by molar-refractivity contribution is -0.123. The molecule has 6 heteroatoms. The Morgan fingerprint density at radius 2 is 1.62 bits per heavy atom. The van der Waals surface area contributed by atoms with Gasteiger partial charge < -0.3 is 10.1 Å². The molecule has 0 aliphatic heterocycles. The zero-order chi connectivity index (χ0) is 18.1. The van der Waals surface area contributed by atoms with Crippen molar-refractivity contribution in [3.8, 4) is 0 Å². The van der Waals surface area contributed by atoms with Crippen molar-refractivity contribution in [2.45, 2.75) is 34.1 Å². The third-order valence-electron chi connectivity index (χ3n) is 3.09. The van der Waals surface area contributed by atoms with Crippen molar-refractivity contribution in [2.24, 2.45) is 11.8 Å². The van der Waals surface area contributed by atoms with Gasteiger partial charge in [-0.2, -0.15) is 0 Å². The monoisotopic (exact) mass is 334 g/mol. The molecule has 0 unspecified atom stereocenters. The van der Waals surface area contributed by atoms with Gasteiger partial charge in [-0.3, -0.25) is 10.1 Å². The van der Waals surface area contributed by atoms with Gasteiger partial charge in [0.1, 0.15) is 0 Å². The van der Waals surface area contributed by atoms with Gasteiger partial charge in [-0.1, -0.05) is 39.8 Å². The summed E-state index contributed by atoms with van der Waals surface area (Å²) in [5, 5.41) is 4.65. The zero-order valence-electron chi connectivity index (χ0n) is 14.7. The molecular formula is C18H26N2O4. The summed E-state index contributed by atoms with van der Waals surface area (Å²) in [4.78, 5) is 34.9. The highest BCUT2D eigenvalue weighted by molar-refractivity contribution is 5.97. The van der Waals surface area contributed by atoms with Gasteiger partial charge in [-0.05, 0) is 36.0 Å². The molecule has 2 N–H and O–H groups in total. The molecule has 0 atom stereocenters. The number of carbonyl (C=O) groups excluding carboxylic acids is 3. The summed E-state index contributed by atoms with van der Waals surface area (Å²) in [6.07, 6.45) is 0.934. The number of imide groups is 1. The van der Waals surface area contributed by atoms with Gasteiger partial charge in [0, 0.05) is 6.54 Å². The molecule has 0 heterocycles. The lowest BCUT2D eigenvalue weighted by Gasteiger charge is -2.09. The van der Waals surface area contributed by atoms with Crippen LogP contribution in [0.4, 0.5) is 4.79 Å². The van der Waals surface area contributed by atoms with Crippen molar-refractivity contribution < 1.29 is 19.1 Å². The van der Waals surface area contributed by atoms with E-state index in [1.165, 1.54) is 0 Å². The van der Waals surface area contributed by atoms with Crippen LogP contribution in [-0.2, 0) is 16.0 Å². The Morgan fingerprint density at radius 1 is 1.00 bits per heavy atom. The maximum absolute atomic E-state index is 11.9. The van der Waals surface area contributed by atoms with Gasteiger partial charge in [0.15, 0.2) is 6.61 Å².